The minimum Gasteiger partial charge on any atom is -0.450 e. The Morgan fingerprint density at radius 1 is 1.56 bits per heavy atom. The molecule has 1 aromatic rings. The van der Waals surface area contributed by atoms with Crippen LogP contribution >= 0.6 is 0 Å². The van der Waals surface area contributed by atoms with Gasteiger partial charge in [-0.05, 0) is 12.5 Å². The molecule has 0 bridgehead atoms. The van der Waals surface area contributed by atoms with Crippen molar-refractivity contribution in [3.8, 4) is 0 Å². The van der Waals surface area contributed by atoms with Gasteiger partial charge in [0.05, 0.1) is 0 Å². The maximum atomic E-state index is 11.7. The summed E-state index contributed by atoms with van der Waals surface area (Å²) in [4.78, 5) is 25.7. The maximum Gasteiger partial charge on any atom is 0.345 e. The van der Waals surface area contributed by atoms with Crippen LogP contribution in [0, 0.1) is 0 Å². The van der Waals surface area contributed by atoms with Crippen molar-refractivity contribution in [3.63, 3.8) is 0 Å². The van der Waals surface area contributed by atoms with E-state index in [1.54, 1.807) is 12.1 Å². The third kappa shape index (κ3) is 1.30. The van der Waals surface area contributed by atoms with E-state index in [2.05, 4.69) is 11.6 Å². The molecule has 0 aliphatic carbocycles. The van der Waals surface area contributed by atoms with E-state index in [1.165, 1.54) is 6.20 Å². The zero-order valence-electron chi connectivity index (χ0n) is 9.08. The summed E-state index contributed by atoms with van der Waals surface area (Å²) in [6, 6.07) is 1.73. The van der Waals surface area contributed by atoms with Crippen LogP contribution in [0.15, 0.2) is 29.7 Å². The molecule has 84 valence electrons. The third-order valence-corrected chi connectivity index (χ3v) is 2.99. The van der Waals surface area contributed by atoms with Crippen LogP contribution in [0.3, 0.4) is 0 Å². The molecule has 1 N–H and O–H groups in total. The van der Waals surface area contributed by atoms with E-state index in [1.807, 2.05) is 6.92 Å². The average molecular weight is 219 g/mol. The highest BCUT2D eigenvalue weighted by Crippen LogP contribution is 2.40. The van der Waals surface area contributed by atoms with Crippen molar-refractivity contribution in [1.82, 2.24) is 4.98 Å². The molecule has 4 nitrogen and oxygen atoms in total. The Labute approximate surface area is 92.9 Å². The Morgan fingerprint density at radius 2 is 2.31 bits per heavy atom. The standard InChI is InChI=1S/C12H13NO3/c1-3-6-12(4-2)8-5-7-13-10(14)9(8)11(15)16-12/h3,5,7H,1,4,6H2,2H3,(H,13,14)/t12-/m1/s1. The van der Waals surface area contributed by atoms with E-state index in [-0.39, 0.29) is 11.1 Å². The average Bonchev–Trinajstić information content (AvgIpc) is 2.55. The predicted octanol–water partition coefficient (Wildman–Crippen LogP) is 1.73. The molecule has 0 radical (unpaired) electrons. The van der Waals surface area contributed by atoms with Crippen LogP contribution in [0.4, 0.5) is 0 Å². The molecular weight excluding hydrogens is 206 g/mol. The largest absolute Gasteiger partial charge is 0.450 e. The molecule has 16 heavy (non-hydrogen) atoms. The molecule has 0 saturated heterocycles. The number of H-pyrrole nitrogens is 1. The number of pyridine rings is 1. The first kappa shape index (κ1) is 10.7. The van der Waals surface area contributed by atoms with Crippen molar-refractivity contribution < 1.29 is 9.53 Å². The lowest BCUT2D eigenvalue weighted by molar-refractivity contribution is -0.00899. The molecule has 1 aromatic heterocycles. The molecule has 1 aliphatic heterocycles. The smallest absolute Gasteiger partial charge is 0.345 e. The van der Waals surface area contributed by atoms with Gasteiger partial charge in [0.25, 0.3) is 5.56 Å². The predicted molar refractivity (Wildman–Crippen MR) is 59.3 cm³/mol. The quantitative estimate of drug-likeness (QED) is 0.622. The van der Waals surface area contributed by atoms with Gasteiger partial charge < -0.3 is 9.72 Å². The highest BCUT2D eigenvalue weighted by molar-refractivity contribution is 5.94. The molecule has 1 aliphatic rings. The number of aromatic nitrogens is 1. The van der Waals surface area contributed by atoms with Crippen molar-refractivity contribution in [1.29, 1.82) is 0 Å². The zero-order chi connectivity index (χ0) is 11.8. The fourth-order valence-corrected chi connectivity index (χ4v) is 2.14. The summed E-state index contributed by atoms with van der Waals surface area (Å²) in [5.41, 5.74) is -0.292. The minimum atomic E-state index is -0.706. The van der Waals surface area contributed by atoms with Crippen LogP contribution < -0.4 is 5.56 Å². The lowest BCUT2D eigenvalue weighted by Gasteiger charge is -2.25. The van der Waals surface area contributed by atoms with Crippen LogP contribution in [0.1, 0.15) is 35.7 Å². The number of fused-ring (bicyclic) bond motifs is 1. The summed E-state index contributed by atoms with van der Waals surface area (Å²) in [5, 5.41) is 0. The van der Waals surface area contributed by atoms with Crippen LogP contribution in [0.2, 0.25) is 0 Å². The number of cyclic esters (lactones) is 1. The molecule has 1 atom stereocenters. The Balaban J connectivity index is 2.66. The summed E-state index contributed by atoms with van der Waals surface area (Å²) < 4.78 is 5.36. The second kappa shape index (κ2) is 3.63. The minimum absolute atomic E-state index is 0.131. The Morgan fingerprint density at radius 3 is 2.94 bits per heavy atom. The van der Waals surface area contributed by atoms with Crippen molar-refractivity contribution in [2.24, 2.45) is 0 Å². The second-order valence-corrected chi connectivity index (χ2v) is 3.83. The van der Waals surface area contributed by atoms with Gasteiger partial charge in [0, 0.05) is 18.2 Å². The van der Waals surface area contributed by atoms with Crippen molar-refractivity contribution >= 4 is 5.97 Å². The Kier molecular flexibility index (Phi) is 2.42. The fraction of sp³-hybridized carbons (Fsp3) is 0.333. The van der Waals surface area contributed by atoms with Crippen LogP contribution in [-0.4, -0.2) is 11.0 Å². The summed E-state index contributed by atoms with van der Waals surface area (Å²) in [6.45, 7) is 5.58. The van der Waals surface area contributed by atoms with Crippen molar-refractivity contribution in [3.05, 3.63) is 46.4 Å². The van der Waals surface area contributed by atoms with Gasteiger partial charge in [-0.15, -0.1) is 6.58 Å². The molecule has 4 heteroatoms. The van der Waals surface area contributed by atoms with Crippen LogP contribution in [0.25, 0.3) is 0 Å². The topological polar surface area (TPSA) is 59.2 Å². The number of aromatic amines is 1. The summed E-state index contributed by atoms with van der Waals surface area (Å²) in [7, 11) is 0. The Hall–Kier alpha value is -1.84. The monoisotopic (exact) mass is 219 g/mol. The summed E-state index contributed by atoms with van der Waals surface area (Å²) >= 11 is 0. The highest BCUT2D eigenvalue weighted by Gasteiger charge is 2.44. The number of carbonyl (C=O) groups is 1. The molecule has 0 spiro atoms. The first-order chi connectivity index (χ1) is 7.64. The summed E-state index contributed by atoms with van der Waals surface area (Å²) in [5.74, 6) is -0.541. The normalized spacial score (nSPS) is 22.7. The molecule has 0 fully saturated rings. The second-order valence-electron chi connectivity index (χ2n) is 3.83. The van der Waals surface area contributed by atoms with Gasteiger partial charge in [-0.25, -0.2) is 4.79 Å². The first-order valence-corrected chi connectivity index (χ1v) is 5.21. The summed E-state index contributed by atoms with van der Waals surface area (Å²) in [6.07, 6.45) is 4.39. The van der Waals surface area contributed by atoms with Gasteiger partial charge in [-0.3, -0.25) is 4.79 Å². The van der Waals surface area contributed by atoms with E-state index < -0.39 is 11.6 Å². The third-order valence-electron chi connectivity index (χ3n) is 2.99. The van der Waals surface area contributed by atoms with Gasteiger partial charge in [-0.2, -0.15) is 0 Å². The molecular formula is C12H13NO3. The molecule has 0 amide bonds. The van der Waals surface area contributed by atoms with Crippen molar-refractivity contribution in [2.75, 3.05) is 0 Å². The van der Waals surface area contributed by atoms with Crippen LogP contribution in [0.5, 0.6) is 0 Å². The lowest BCUT2D eigenvalue weighted by Crippen LogP contribution is -2.24. The number of rotatable bonds is 3. The number of carbonyl (C=O) groups excluding carboxylic acids is 1. The van der Waals surface area contributed by atoms with E-state index >= 15 is 0 Å². The van der Waals surface area contributed by atoms with E-state index in [0.717, 1.165) is 0 Å². The SMILES string of the molecule is C=CC[C@@]1(CC)OC(=O)c2c1cc[nH]c2=O. The zero-order valence-corrected chi connectivity index (χ0v) is 9.08. The van der Waals surface area contributed by atoms with Gasteiger partial charge >= 0.3 is 5.97 Å². The highest BCUT2D eigenvalue weighted by atomic mass is 16.6. The van der Waals surface area contributed by atoms with Crippen LogP contribution in [-0.2, 0) is 10.3 Å². The van der Waals surface area contributed by atoms with E-state index in [9.17, 15) is 9.59 Å². The molecule has 0 saturated carbocycles. The van der Waals surface area contributed by atoms with Gasteiger partial charge in [0.15, 0.2) is 0 Å². The van der Waals surface area contributed by atoms with Gasteiger partial charge in [0.2, 0.25) is 0 Å². The van der Waals surface area contributed by atoms with E-state index in [0.29, 0.717) is 18.4 Å². The molecule has 0 aromatic carbocycles. The molecule has 0 unspecified atom stereocenters. The number of nitrogens with one attached hydrogen (secondary N) is 1. The number of esters is 1. The first-order valence-electron chi connectivity index (χ1n) is 5.21. The van der Waals surface area contributed by atoms with Gasteiger partial charge in [-0.1, -0.05) is 13.0 Å². The molecule has 2 heterocycles. The number of ether oxygens (including phenoxy) is 1. The number of hydrogen-bond acceptors (Lipinski definition) is 3. The lowest BCUT2D eigenvalue weighted by atomic mass is 9.88. The fourth-order valence-electron chi connectivity index (χ4n) is 2.14. The van der Waals surface area contributed by atoms with E-state index in [4.69, 9.17) is 4.74 Å². The van der Waals surface area contributed by atoms with Gasteiger partial charge in [0.1, 0.15) is 11.2 Å². The maximum absolute atomic E-state index is 11.7. The Bertz CT molecular complexity index is 503. The molecule has 2 rings (SSSR count). The van der Waals surface area contributed by atoms with Crippen molar-refractivity contribution in [2.45, 2.75) is 25.4 Å². The number of hydrogen-bond donors (Lipinski definition) is 1.